The van der Waals surface area contributed by atoms with Crippen LogP contribution in [0.25, 0.3) is 0 Å². The Balaban J connectivity index is 2.61. The van der Waals surface area contributed by atoms with Crippen molar-refractivity contribution < 1.29 is 0 Å². The Morgan fingerprint density at radius 1 is 1.22 bits per heavy atom. The Kier molecular flexibility index (Phi) is 2.72. The van der Waals surface area contributed by atoms with Gasteiger partial charge in [0.25, 0.3) is 0 Å². The largest absolute Gasteiger partial charge is 0.229 e. The number of hydrogen-bond acceptors (Lipinski definition) is 1. The van der Waals surface area contributed by atoms with Crippen LogP contribution in [0.4, 0.5) is 0 Å². The van der Waals surface area contributed by atoms with Crippen LogP contribution >= 0.6 is 11.6 Å². The molecule has 0 spiro atoms. The highest BCUT2D eigenvalue weighted by atomic mass is 32.2. The molecule has 0 heterocycles. The van der Waals surface area contributed by atoms with Crippen LogP contribution in [0.3, 0.4) is 0 Å². The number of rotatable bonds is 2. The summed E-state index contributed by atoms with van der Waals surface area (Å²) in [6.45, 7) is 2.12. The first kappa shape index (κ1) is 6.75. The van der Waals surface area contributed by atoms with Gasteiger partial charge in [-0.3, -0.25) is 0 Å². The molecular weight excluding hydrogens is 127 g/mol. The van der Waals surface area contributed by atoms with Crippen LogP contribution in [0.15, 0.2) is 30.3 Å². The lowest BCUT2D eigenvalue weighted by molar-refractivity contribution is 1.77. The Morgan fingerprint density at radius 3 is 2.44 bits per heavy atom. The lowest BCUT2D eigenvalue weighted by Gasteiger charge is -1.91. The molecule has 0 N–H and O–H groups in total. The molecule has 0 fully saturated rings. The van der Waals surface area contributed by atoms with Crippen molar-refractivity contribution in [3.63, 3.8) is 0 Å². The van der Waals surface area contributed by atoms with Crippen molar-refractivity contribution in [1.82, 2.24) is 0 Å². The second-order valence-corrected chi connectivity index (χ2v) is 2.47. The summed E-state index contributed by atoms with van der Waals surface area (Å²) in [6.07, 6.45) is 2.06. The molecule has 0 bridgehead atoms. The van der Waals surface area contributed by atoms with E-state index in [0.717, 1.165) is 0 Å². The van der Waals surface area contributed by atoms with Gasteiger partial charge in [-0.1, -0.05) is 35.8 Å². The van der Waals surface area contributed by atoms with Crippen LogP contribution in [0.1, 0.15) is 0 Å². The molecule has 1 aromatic carbocycles. The molecule has 1 radical (unpaired) electrons. The highest BCUT2D eigenvalue weighted by Gasteiger charge is 1.88. The molecule has 0 unspecified atom stereocenters. The van der Waals surface area contributed by atoms with Gasteiger partial charge in [0.05, 0.1) is 0 Å². The van der Waals surface area contributed by atoms with Crippen molar-refractivity contribution in [2.75, 3.05) is 6.26 Å². The third-order valence-electron chi connectivity index (χ3n) is 1.05. The molecule has 0 amide bonds. The second-order valence-electron chi connectivity index (χ2n) is 1.76. The van der Waals surface area contributed by atoms with E-state index in [0.29, 0.717) is 0 Å². The van der Waals surface area contributed by atoms with Gasteiger partial charge in [0.1, 0.15) is 0 Å². The Morgan fingerprint density at radius 2 is 1.89 bits per heavy atom. The first-order valence-corrected chi connectivity index (χ1v) is 4.13. The Labute approximate surface area is 60.8 Å². The maximum atomic E-state index is 2.12. The molecular formula is C7H8BS. The van der Waals surface area contributed by atoms with Gasteiger partial charge < -0.3 is 0 Å². The van der Waals surface area contributed by atoms with E-state index in [9.17, 15) is 0 Å². The Bertz CT molecular complexity index is 162. The zero-order chi connectivity index (χ0) is 6.53. The van der Waals surface area contributed by atoms with Crippen molar-refractivity contribution in [1.29, 1.82) is 0 Å². The molecule has 0 aromatic heterocycles. The molecule has 1 aromatic rings. The number of hydrogen-bond donors (Lipinski definition) is 0. The third-order valence-corrected chi connectivity index (χ3v) is 1.56. The van der Waals surface area contributed by atoms with Gasteiger partial charge in [-0.2, -0.15) is 0 Å². The Hall–Kier alpha value is -0.365. The molecule has 0 aliphatic carbocycles. The monoisotopic (exact) mass is 135 g/mol. The van der Waals surface area contributed by atoms with Gasteiger partial charge in [-0.25, -0.2) is 11.6 Å². The van der Waals surface area contributed by atoms with Gasteiger partial charge >= 0.3 is 0 Å². The topological polar surface area (TPSA) is 0 Å². The summed E-state index contributed by atoms with van der Waals surface area (Å²) < 4.78 is 0. The quantitative estimate of drug-likeness (QED) is 0.550. The molecule has 0 saturated carbocycles. The maximum absolute atomic E-state index is 2.12. The van der Waals surface area contributed by atoms with E-state index >= 15 is 0 Å². The minimum absolute atomic E-state index is 1.28. The lowest BCUT2D eigenvalue weighted by atomic mass is 9.95. The van der Waals surface area contributed by atoms with Gasteiger partial charge in [0, 0.05) is 0 Å². The first-order chi connectivity index (χ1) is 4.43. The summed E-state index contributed by atoms with van der Waals surface area (Å²) in [4.78, 5) is 0. The van der Waals surface area contributed by atoms with E-state index in [2.05, 4.69) is 24.9 Å². The van der Waals surface area contributed by atoms with Crippen LogP contribution in [0.5, 0.6) is 0 Å². The summed E-state index contributed by atoms with van der Waals surface area (Å²) in [5.74, 6) is 0. The van der Waals surface area contributed by atoms with E-state index in [1.54, 1.807) is 11.6 Å². The van der Waals surface area contributed by atoms with Crippen molar-refractivity contribution >= 4 is 23.6 Å². The van der Waals surface area contributed by atoms with Crippen LogP contribution in [-0.4, -0.2) is 12.8 Å². The van der Waals surface area contributed by atoms with E-state index in [-0.39, 0.29) is 0 Å². The third kappa shape index (κ3) is 2.14. The summed E-state index contributed by atoms with van der Waals surface area (Å²) in [5, 5.41) is 0. The van der Waals surface area contributed by atoms with E-state index in [4.69, 9.17) is 0 Å². The standard InChI is InChI=1S/C7H8BS/c1-9-8-7-5-3-2-4-6-7/h2-6H,1H3. The molecule has 45 valence electrons. The zero-order valence-corrected chi connectivity index (χ0v) is 6.19. The van der Waals surface area contributed by atoms with Crippen LogP contribution in [0.2, 0.25) is 0 Å². The summed E-state index contributed by atoms with van der Waals surface area (Å²) in [7, 11) is 0. The average molecular weight is 135 g/mol. The second kappa shape index (κ2) is 3.62. The highest BCUT2D eigenvalue weighted by Crippen LogP contribution is 1.88. The maximum Gasteiger partial charge on any atom is 0.229 e. The average Bonchev–Trinajstić information content (AvgIpc) is 1.91. The van der Waals surface area contributed by atoms with Gasteiger partial charge in [0.15, 0.2) is 0 Å². The minimum atomic E-state index is 1.28. The van der Waals surface area contributed by atoms with Gasteiger partial charge in [-0.15, -0.1) is 0 Å². The lowest BCUT2D eigenvalue weighted by Crippen LogP contribution is -2.08. The fourth-order valence-corrected chi connectivity index (χ4v) is 1.10. The van der Waals surface area contributed by atoms with Crippen LogP contribution < -0.4 is 5.46 Å². The molecule has 9 heavy (non-hydrogen) atoms. The minimum Gasteiger partial charge on any atom is -0.215 e. The van der Waals surface area contributed by atoms with Crippen molar-refractivity contribution in [2.24, 2.45) is 0 Å². The van der Waals surface area contributed by atoms with Crippen molar-refractivity contribution in [2.45, 2.75) is 0 Å². The summed E-state index contributed by atoms with van der Waals surface area (Å²) in [6, 6.07) is 10.3. The molecule has 0 atom stereocenters. The predicted octanol–water partition coefficient (Wildman–Crippen LogP) is 1.29. The van der Waals surface area contributed by atoms with Gasteiger partial charge in [-0.05, 0) is 6.26 Å². The van der Waals surface area contributed by atoms with E-state index in [1.165, 1.54) is 5.46 Å². The SMILES string of the molecule is CS[B]c1ccccc1. The fraction of sp³-hybridized carbons (Fsp3) is 0.143. The molecule has 2 heteroatoms. The number of benzene rings is 1. The summed E-state index contributed by atoms with van der Waals surface area (Å²) >= 11 is 1.73. The molecule has 1 rings (SSSR count). The first-order valence-electron chi connectivity index (χ1n) is 2.84. The smallest absolute Gasteiger partial charge is 0.215 e. The normalized spacial score (nSPS) is 9.00. The van der Waals surface area contributed by atoms with Crippen molar-refractivity contribution in [3.8, 4) is 0 Å². The predicted molar refractivity (Wildman–Crippen MR) is 45.3 cm³/mol. The van der Waals surface area contributed by atoms with Crippen molar-refractivity contribution in [3.05, 3.63) is 30.3 Å². The molecule has 0 nitrogen and oxygen atoms in total. The summed E-state index contributed by atoms with van der Waals surface area (Å²) in [5.41, 5.74) is 1.28. The zero-order valence-electron chi connectivity index (χ0n) is 5.37. The van der Waals surface area contributed by atoms with E-state index < -0.39 is 0 Å². The molecule has 0 saturated heterocycles. The molecule has 0 aliphatic heterocycles. The van der Waals surface area contributed by atoms with E-state index in [1.807, 2.05) is 18.2 Å². The van der Waals surface area contributed by atoms with Gasteiger partial charge in [0.2, 0.25) is 6.56 Å². The molecule has 0 aliphatic rings. The fourth-order valence-electron chi connectivity index (χ4n) is 0.668. The van der Waals surface area contributed by atoms with Crippen LogP contribution in [0, 0.1) is 0 Å². The van der Waals surface area contributed by atoms with Crippen LogP contribution in [-0.2, 0) is 0 Å². The highest BCUT2D eigenvalue weighted by molar-refractivity contribution is 8.23.